The molecule has 16 heavy (non-hydrogen) atoms. The maximum Gasteiger partial charge on any atom is 0.152 e. The van der Waals surface area contributed by atoms with Gasteiger partial charge in [-0.05, 0) is 38.3 Å². The molecule has 0 aromatic rings. The monoisotopic (exact) mass is 249 g/mol. The Morgan fingerprint density at radius 2 is 2.19 bits per heavy atom. The molecule has 1 atom stereocenters. The minimum absolute atomic E-state index is 0.159. The normalized spacial score (nSPS) is 22.2. The standard InChI is InChI=1S/C11H23NO3S/c1-2-16(13,14)9-8-15-7-5-11-4-3-6-12-10-11/h11-12H,2-10H2,1H3. The molecular weight excluding hydrogens is 226 g/mol. The van der Waals surface area contributed by atoms with Crippen LogP contribution in [0.25, 0.3) is 0 Å². The van der Waals surface area contributed by atoms with Crippen LogP contribution < -0.4 is 5.32 Å². The number of hydrogen-bond acceptors (Lipinski definition) is 4. The van der Waals surface area contributed by atoms with E-state index in [4.69, 9.17) is 4.74 Å². The fraction of sp³-hybridized carbons (Fsp3) is 1.00. The lowest BCUT2D eigenvalue weighted by Crippen LogP contribution is -2.30. The molecule has 1 saturated heterocycles. The number of nitrogens with one attached hydrogen (secondary N) is 1. The van der Waals surface area contributed by atoms with E-state index in [2.05, 4.69) is 5.32 Å². The Morgan fingerprint density at radius 1 is 1.38 bits per heavy atom. The van der Waals surface area contributed by atoms with Gasteiger partial charge >= 0.3 is 0 Å². The highest BCUT2D eigenvalue weighted by Gasteiger charge is 2.12. The lowest BCUT2D eigenvalue weighted by atomic mass is 9.97. The van der Waals surface area contributed by atoms with Crippen LogP contribution in [-0.4, -0.2) is 46.2 Å². The molecule has 0 radical (unpaired) electrons. The lowest BCUT2D eigenvalue weighted by molar-refractivity contribution is 0.128. The molecule has 1 aliphatic heterocycles. The third-order valence-electron chi connectivity index (χ3n) is 3.05. The van der Waals surface area contributed by atoms with Gasteiger partial charge in [0.05, 0.1) is 12.4 Å². The summed E-state index contributed by atoms with van der Waals surface area (Å²) in [6, 6.07) is 0. The van der Waals surface area contributed by atoms with E-state index in [0.717, 1.165) is 19.5 Å². The van der Waals surface area contributed by atoms with E-state index >= 15 is 0 Å². The molecule has 0 aliphatic carbocycles. The molecule has 0 aromatic heterocycles. The van der Waals surface area contributed by atoms with Crippen molar-refractivity contribution < 1.29 is 13.2 Å². The summed E-state index contributed by atoms with van der Waals surface area (Å²) in [5.41, 5.74) is 0. The van der Waals surface area contributed by atoms with Crippen LogP contribution in [0.1, 0.15) is 26.2 Å². The van der Waals surface area contributed by atoms with Crippen molar-refractivity contribution in [1.29, 1.82) is 0 Å². The summed E-state index contributed by atoms with van der Waals surface area (Å²) in [5.74, 6) is 1.08. The van der Waals surface area contributed by atoms with Gasteiger partial charge in [-0.15, -0.1) is 0 Å². The molecule has 0 amide bonds. The van der Waals surface area contributed by atoms with Crippen LogP contribution in [0, 0.1) is 5.92 Å². The molecule has 4 nitrogen and oxygen atoms in total. The van der Waals surface area contributed by atoms with Gasteiger partial charge < -0.3 is 10.1 Å². The summed E-state index contributed by atoms with van der Waals surface area (Å²) in [7, 11) is -2.86. The smallest absolute Gasteiger partial charge is 0.152 e. The van der Waals surface area contributed by atoms with Crippen LogP contribution in [0.2, 0.25) is 0 Å². The van der Waals surface area contributed by atoms with Gasteiger partial charge in [-0.2, -0.15) is 0 Å². The van der Waals surface area contributed by atoms with Crippen molar-refractivity contribution in [2.45, 2.75) is 26.2 Å². The topological polar surface area (TPSA) is 55.4 Å². The van der Waals surface area contributed by atoms with Gasteiger partial charge in [-0.1, -0.05) is 6.92 Å². The minimum atomic E-state index is -2.86. The highest BCUT2D eigenvalue weighted by molar-refractivity contribution is 7.91. The first-order valence-corrected chi connectivity index (χ1v) is 7.95. The van der Waals surface area contributed by atoms with Gasteiger partial charge in [0.2, 0.25) is 0 Å². The molecule has 0 bridgehead atoms. The molecule has 1 unspecified atom stereocenters. The molecule has 96 valence electrons. The van der Waals surface area contributed by atoms with E-state index in [9.17, 15) is 8.42 Å². The predicted molar refractivity (Wildman–Crippen MR) is 65.4 cm³/mol. The largest absolute Gasteiger partial charge is 0.380 e. The summed E-state index contributed by atoms with van der Waals surface area (Å²) < 4.78 is 27.7. The van der Waals surface area contributed by atoms with Crippen LogP contribution in [0.4, 0.5) is 0 Å². The third kappa shape index (κ3) is 5.82. The van der Waals surface area contributed by atoms with E-state index in [0.29, 0.717) is 19.1 Å². The van der Waals surface area contributed by atoms with Gasteiger partial charge in [0.1, 0.15) is 0 Å². The number of hydrogen-bond donors (Lipinski definition) is 1. The summed E-state index contributed by atoms with van der Waals surface area (Å²) >= 11 is 0. The summed E-state index contributed by atoms with van der Waals surface area (Å²) in [6.07, 6.45) is 3.55. The second kappa shape index (κ2) is 7.25. The Kier molecular flexibility index (Phi) is 6.31. The quantitative estimate of drug-likeness (QED) is 0.679. The Balaban J connectivity index is 1.99. The number of piperidine rings is 1. The maximum atomic E-state index is 11.2. The zero-order valence-electron chi connectivity index (χ0n) is 10.1. The van der Waals surface area contributed by atoms with Crippen molar-refractivity contribution in [3.63, 3.8) is 0 Å². The molecule has 1 fully saturated rings. The molecule has 0 aromatic carbocycles. The van der Waals surface area contributed by atoms with Crippen molar-refractivity contribution >= 4 is 9.84 Å². The first-order chi connectivity index (χ1) is 7.64. The van der Waals surface area contributed by atoms with Crippen LogP contribution >= 0.6 is 0 Å². The second-order valence-corrected chi connectivity index (χ2v) is 6.82. The van der Waals surface area contributed by atoms with Gasteiger partial charge in [-0.3, -0.25) is 0 Å². The molecule has 0 saturated carbocycles. The predicted octanol–water partition coefficient (Wildman–Crippen LogP) is 0.827. The van der Waals surface area contributed by atoms with E-state index in [1.807, 2.05) is 0 Å². The second-order valence-electron chi connectivity index (χ2n) is 4.35. The van der Waals surface area contributed by atoms with Gasteiger partial charge in [0.15, 0.2) is 9.84 Å². The fourth-order valence-electron chi connectivity index (χ4n) is 1.85. The minimum Gasteiger partial charge on any atom is -0.380 e. The van der Waals surface area contributed by atoms with Crippen molar-refractivity contribution in [3.05, 3.63) is 0 Å². The zero-order valence-corrected chi connectivity index (χ0v) is 10.9. The van der Waals surface area contributed by atoms with Crippen molar-refractivity contribution in [1.82, 2.24) is 5.32 Å². The molecule has 1 aliphatic rings. The zero-order chi connectivity index (χ0) is 11.9. The van der Waals surface area contributed by atoms with Crippen molar-refractivity contribution in [2.75, 3.05) is 37.8 Å². The molecule has 0 spiro atoms. The SMILES string of the molecule is CCS(=O)(=O)CCOCCC1CCCNC1. The highest BCUT2D eigenvalue weighted by atomic mass is 32.2. The Bertz CT molecular complexity index is 271. The number of rotatable bonds is 7. The first kappa shape index (κ1) is 13.9. The Morgan fingerprint density at radius 3 is 2.81 bits per heavy atom. The molecule has 1 rings (SSSR count). The Hall–Kier alpha value is -0.130. The molecular formula is C11H23NO3S. The number of sulfone groups is 1. The lowest BCUT2D eigenvalue weighted by Gasteiger charge is -2.22. The fourth-order valence-corrected chi connectivity index (χ4v) is 2.51. The molecule has 5 heteroatoms. The highest BCUT2D eigenvalue weighted by Crippen LogP contribution is 2.13. The van der Waals surface area contributed by atoms with Crippen LogP contribution in [0.3, 0.4) is 0 Å². The van der Waals surface area contributed by atoms with E-state index < -0.39 is 9.84 Å². The van der Waals surface area contributed by atoms with Crippen molar-refractivity contribution in [2.24, 2.45) is 5.92 Å². The maximum absolute atomic E-state index is 11.2. The van der Waals surface area contributed by atoms with E-state index in [1.54, 1.807) is 6.92 Å². The Labute approximate surface area is 98.7 Å². The van der Waals surface area contributed by atoms with Gasteiger partial charge in [-0.25, -0.2) is 8.42 Å². The number of ether oxygens (including phenoxy) is 1. The van der Waals surface area contributed by atoms with Crippen molar-refractivity contribution in [3.8, 4) is 0 Å². The summed E-state index contributed by atoms with van der Waals surface area (Å²) in [6.45, 7) is 4.91. The van der Waals surface area contributed by atoms with Gasteiger partial charge in [0, 0.05) is 12.4 Å². The van der Waals surface area contributed by atoms with E-state index in [1.165, 1.54) is 12.8 Å². The summed E-state index contributed by atoms with van der Waals surface area (Å²) in [4.78, 5) is 0. The average Bonchev–Trinajstić information content (AvgIpc) is 2.30. The third-order valence-corrected chi connectivity index (χ3v) is 4.72. The van der Waals surface area contributed by atoms with Gasteiger partial charge in [0.25, 0.3) is 0 Å². The van der Waals surface area contributed by atoms with Crippen LogP contribution in [-0.2, 0) is 14.6 Å². The molecule has 1 heterocycles. The van der Waals surface area contributed by atoms with Crippen LogP contribution in [0.5, 0.6) is 0 Å². The summed E-state index contributed by atoms with van der Waals surface area (Å²) in [5, 5.41) is 3.36. The van der Waals surface area contributed by atoms with E-state index in [-0.39, 0.29) is 11.5 Å². The van der Waals surface area contributed by atoms with Crippen LogP contribution in [0.15, 0.2) is 0 Å². The average molecular weight is 249 g/mol. The first-order valence-electron chi connectivity index (χ1n) is 6.13. The molecule has 1 N–H and O–H groups in total.